The average Bonchev–Trinajstić information content (AvgIpc) is 2.26. The number of anilines is 1. The van der Waals surface area contributed by atoms with Crippen molar-refractivity contribution in [1.29, 1.82) is 0 Å². The van der Waals surface area contributed by atoms with Crippen LogP contribution in [0.4, 0.5) is 10.1 Å². The zero-order chi connectivity index (χ0) is 12.5. The molecule has 0 bridgehead atoms. The first kappa shape index (κ1) is 12.4. The van der Waals surface area contributed by atoms with Crippen LogP contribution in [0.5, 0.6) is 0 Å². The third-order valence-electron chi connectivity index (χ3n) is 2.69. The van der Waals surface area contributed by atoms with E-state index in [1.54, 1.807) is 17.8 Å². The van der Waals surface area contributed by atoms with Crippen molar-refractivity contribution in [3.8, 4) is 0 Å². The second-order valence-electron chi connectivity index (χ2n) is 5.16. The summed E-state index contributed by atoms with van der Waals surface area (Å²) >= 11 is 1.70. The Morgan fingerprint density at radius 1 is 1.41 bits per heavy atom. The molecule has 1 heterocycles. The Balaban J connectivity index is 2.12. The number of benzene rings is 1. The van der Waals surface area contributed by atoms with E-state index in [4.69, 9.17) is 0 Å². The van der Waals surface area contributed by atoms with Gasteiger partial charge in [-0.05, 0) is 30.0 Å². The number of aliphatic imine (C=N–C) groups is 1. The molecule has 0 radical (unpaired) electrons. The highest BCUT2D eigenvalue weighted by Gasteiger charge is 2.23. The molecule has 0 fully saturated rings. The fourth-order valence-electron chi connectivity index (χ4n) is 1.56. The van der Waals surface area contributed by atoms with Crippen LogP contribution < -0.4 is 5.32 Å². The van der Waals surface area contributed by atoms with Crippen molar-refractivity contribution in [1.82, 2.24) is 0 Å². The van der Waals surface area contributed by atoms with Crippen molar-refractivity contribution >= 4 is 22.6 Å². The van der Waals surface area contributed by atoms with E-state index in [1.807, 2.05) is 6.92 Å². The van der Waals surface area contributed by atoms with E-state index in [1.165, 1.54) is 12.1 Å². The molecule has 0 amide bonds. The normalized spacial score (nSPS) is 18.7. The van der Waals surface area contributed by atoms with Crippen molar-refractivity contribution in [2.45, 2.75) is 20.8 Å². The van der Waals surface area contributed by atoms with Gasteiger partial charge in [-0.3, -0.25) is 4.99 Å². The fourth-order valence-corrected chi connectivity index (χ4v) is 2.52. The maximum atomic E-state index is 13.1. The molecule has 0 atom stereocenters. The quantitative estimate of drug-likeness (QED) is 0.824. The Labute approximate surface area is 106 Å². The van der Waals surface area contributed by atoms with Crippen LogP contribution in [0.3, 0.4) is 0 Å². The largest absolute Gasteiger partial charge is 0.335 e. The summed E-state index contributed by atoms with van der Waals surface area (Å²) in [7, 11) is 0. The van der Waals surface area contributed by atoms with Gasteiger partial charge in [-0.15, -0.1) is 0 Å². The molecule has 0 unspecified atom stereocenters. The SMILES string of the molecule is Cc1ccc(F)cc1NC1=NCC(C)(C)CS1. The van der Waals surface area contributed by atoms with Gasteiger partial charge in [0, 0.05) is 18.0 Å². The predicted octanol–water partition coefficient (Wildman–Crippen LogP) is 3.68. The lowest BCUT2D eigenvalue weighted by Gasteiger charge is -2.27. The second kappa shape index (κ2) is 4.69. The first-order chi connectivity index (χ1) is 7.96. The Bertz CT molecular complexity index is 455. The number of hydrogen-bond acceptors (Lipinski definition) is 3. The third-order valence-corrected chi connectivity index (χ3v) is 4.12. The van der Waals surface area contributed by atoms with Crippen molar-refractivity contribution in [2.75, 3.05) is 17.6 Å². The first-order valence-corrected chi connectivity index (χ1v) is 6.65. The summed E-state index contributed by atoms with van der Waals surface area (Å²) in [4.78, 5) is 4.49. The summed E-state index contributed by atoms with van der Waals surface area (Å²) in [6.45, 7) is 7.18. The minimum Gasteiger partial charge on any atom is -0.335 e. The van der Waals surface area contributed by atoms with E-state index < -0.39 is 0 Å². The monoisotopic (exact) mass is 252 g/mol. The molecule has 1 aromatic carbocycles. The van der Waals surface area contributed by atoms with Crippen LogP contribution in [0.15, 0.2) is 23.2 Å². The number of nitrogens with one attached hydrogen (secondary N) is 1. The molecule has 1 aliphatic rings. The third kappa shape index (κ3) is 3.22. The van der Waals surface area contributed by atoms with E-state index in [2.05, 4.69) is 24.2 Å². The summed E-state index contributed by atoms with van der Waals surface area (Å²) in [5.74, 6) is 0.813. The van der Waals surface area contributed by atoms with E-state index in [0.717, 1.165) is 28.7 Å². The lowest BCUT2D eigenvalue weighted by atomic mass is 9.97. The van der Waals surface area contributed by atoms with Gasteiger partial charge in [0.25, 0.3) is 0 Å². The number of halogens is 1. The lowest BCUT2D eigenvalue weighted by Crippen LogP contribution is -2.27. The van der Waals surface area contributed by atoms with Crippen LogP contribution in [0.2, 0.25) is 0 Å². The van der Waals surface area contributed by atoms with Gasteiger partial charge in [-0.2, -0.15) is 0 Å². The topological polar surface area (TPSA) is 24.4 Å². The van der Waals surface area contributed by atoms with Gasteiger partial charge in [-0.1, -0.05) is 31.7 Å². The van der Waals surface area contributed by atoms with Crippen LogP contribution in [0.1, 0.15) is 19.4 Å². The Kier molecular flexibility index (Phi) is 3.43. The molecule has 4 heteroatoms. The molecule has 0 saturated heterocycles. The van der Waals surface area contributed by atoms with Crippen LogP contribution in [0.25, 0.3) is 0 Å². The van der Waals surface area contributed by atoms with E-state index in [0.29, 0.717) is 0 Å². The van der Waals surface area contributed by atoms with Gasteiger partial charge in [0.1, 0.15) is 5.82 Å². The molecule has 2 nitrogen and oxygen atoms in total. The number of amidine groups is 1. The van der Waals surface area contributed by atoms with Crippen molar-refractivity contribution < 1.29 is 4.39 Å². The molecule has 1 aromatic rings. The van der Waals surface area contributed by atoms with Crippen LogP contribution >= 0.6 is 11.8 Å². The van der Waals surface area contributed by atoms with E-state index in [9.17, 15) is 4.39 Å². The Morgan fingerprint density at radius 2 is 2.18 bits per heavy atom. The van der Waals surface area contributed by atoms with Gasteiger partial charge in [-0.25, -0.2) is 4.39 Å². The molecule has 0 aromatic heterocycles. The molecule has 2 rings (SSSR count). The van der Waals surface area contributed by atoms with Crippen molar-refractivity contribution in [3.63, 3.8) is 0 Å². The minimum atomic E-state index is -0.222. The summed E-state index contributed by atoms with van der Waals surface area (Å²) in [5.41, 5.74) is 2.09. The van der Waals surface area contributed by atoms with Crippen molar-refractivity contribution in [3.05, 3.63) is 29.6 Å². The molecule has 17 heavy (non-hydrogen) atoms. The van der Waals surface area contributed by atoms with Crippen LogP contribution in [0, 0.1) is 18.2 Å². The van der Waals surface area contributed by atoms with E-state index in [-0.39, 0.29) is 11.2 Å². The molecule has 0 aliphatic carbocycles. The highest BCUT2D eigenvalue weighted by molar-refractivity contribution is 8.14. The summed E-state index contributed by atoms with van der Waals surface area (Å²) in [6, 6.07) is 4.76. The van der Waals surface area contributed by atoms with E-state index >= 15 is 0 Å². The van der Waals surface area contributed by atoms with Crippen LogP contribution in [-0.2, 0) is 0 Å². The molecule has 1 aliphatic heterocycles. The number of thioether (sulfide) groups is 1. The molecule has 92 valence electrons. The predicted molar refractivity (Wildman–Crippen MR) is 73.3 cm³/mol. The van der Waals surface area contributed by atoms with Gasteiger partial charge >= 0.3 is 0 Å². The molecule has 0 spiro atoms. The zero-order valence-corrected chi connectivity index (χ0v) is 11.2. The molecule has 1 N–H and O–H groups in total. The second-order valence-corrected chi connectivity index (χ2v) is 6.12. The summed E-state index contributed by atoms with van der Waals surface area (Å²) < 4.78 is 13.1. The Morgan fingerprint density at radius 3 is 2.82 bits per heavy atom. The van der Waals surface area contributed by atoms with Gasteiger partial charge in [0.15, 0.2) is 5.17 Å². The van der Waals surface area contributed by atoms with Gasteiger partial charge in [0.05, 0.1) is 0 Å². The molecular formula is C13H17FN2S. The highest BCUT2D eigenvalue weighted by atomic mass is 32.2. The smallest absolute Gasteiger partial charge is 0.161 e. The molecular weight excluding hydrogens is 235 g/mol. The number of aryl methyl sites for hydroxylation is 1. The Hall–Kier alpha value is -1.03. The number of rotatable bonds is 1. The fraction of sp³-hybridized carbons (Fsp3) is 0.462. The number of nitrogens with zero attached hydrogens (tertiary/aromatic N) is 1. The lowest BCUT2D eigenvalue weighted by molar-refractivity contribution is 0.438. The van der Waals surface area contributed by atoms with Crippen LogP contribution in [-0.4, -0.2) is 17.5 Å². The molecule has 0 saturated carbocycles. The van der Waals surface area contributed by atoms with Gasteiger partial charge < -0.3 is 5.32 Å². The maximum absolute atomic E-state index is 13.1. The first-order valence-electron chi connectivity index (χ1n) is 5.67. The average molecular weight is 252 g/mol. The highest BCUT2D eigenvalue weighted by Crippen LogP contribution is 2.29. The number of hydrogen-bond donors (Lipinski definition) is 1. The summed E-state index contributed by atoms with van der Waals surface area (Å²) in [5, 5.41) is 4.09. The minimum absolute atomic E-state index is 0.222. The zero-order valence-electron chi connectivity index (χ0n) is 10.4. The van der Waals surface area contributed by atoms with Crippen molar-refractivity contribution in [2.24, 2.45) is 10.4 Å². The summed E-state index contributed by atoms with van der Waals surface area (Å²) in [6.07, 6.45) is 0. The standard InChI is InChI=1S/C13H17FN2S/c1-9-4-5-10(14)6-11(9)16-12-15-7-13(2,3)8-17-12/h4-6H,7-8H2,1-3H3,(H,15,16). The van der Waals surface area contributed by atoms with Gasteiger partial charge in [0.2, 0.25) is 0 Å². The maximum Gasteiger partial charge on any atom is 0.161 e.